The van der Waals surface area contributed by atoms with Gasteiger partial charge >= 0.3 is 18.1 Å². The Bertz CT molecular complexity index is 1350. The van der Waals surface area contributed by atoms with Crippen LogP contribution in [0, 0.1) is 6.92 Å². The van der Waals surface area contributed by atoms with E-state index in [4.69, 9.17) is 9.47 Å². The second kappa shape index (κ2) is 10.9. The number of esters is 2. The lowest BCUT2D eigenvalue weighted by molar-refractivity contribution is -0.173. The minimum Gasteiger partial charge on any atom is -0.462 e. The summed E-state index contributed by atoms with van der Waals surface area (Å²) in [6, 6.07) is 7.30. The van der Waals surface area contributed by atoms with Crippen LogP contribution >= 0.6 is 11.3 Å². The van der Waals surface area contributed by atoms with E-state index in [1.807, 2.05) is 0 Å². The van der Waals surface area contributed by atoms with Crippen LogP contribution in [-0.2, 0) is 9.47 Å². The third-order valence-corrected chi connectivity index (χ3v) is 7.13. The number of fused-ring (bicyclic) bond motifs is 1. The summed E-state index contributed by atoms with van der Waals surface area (Å²) in [6.07, 6.45) is -4.93. The SMILES string of the molecule is CCOC(=O)c1sc(NC(=O)c2cc3n(n2)[C@@H](C(F)(F)F)C[C@@H](c2ccccc2)N3)c(C(=O)OCC)c1C. The summed E-state index contributed by atoms with van der Waals surface area (Å²) in [4.78, 5) is 38.2. The number of rotatable bonds is 7. The van der Waals surface area contributed by atoms with Gasteiger partial charge in [-0.15, -0.1) is 11.3 Å². The number of carbonyl (C=O) groups excluding carboxylic acids is 3. The molecular weight excluding hydrogens is 525 g/mol. The van der Waals surface area contributed by atoms with Gasteiger partial charge in [0.1, 0.15) is 15.7 Å². The van der Waals surface area contributed by atoms with E-state index < -0.39 is 36.1 Å². The maximum atomic E-state index is 14.0. The molecular formula is C25H25F3N4O5S. The molecule has 4 rings (SSSR count). The van der Waals surface area contributed by atoms with E-state index in [2.05, 4.69) is 15.7 Å². The first-order valence-corrected chi connectivity index (χ1v) is 12.6. The van der Waals surface area contributed by atoms with Crippen LogP contribution in [0.5, 0.6) is 0 Å². The zero-order valence-corrected chi connectivity index (χ0v) is 21.5. The van der Waals surface area contributed by atoms with Crippen LogP contribution < -0.4 is 10.6 Å². The number of halogens is 3. The van der Waals surface area contributed by atoms with Crippen LogP contribution in [0.15, 0.2) is 36.4 Å². The average molecular weight is 551 g/mol. The minimum atomic E-state index is -4.61. The lowest BCUT2D eigenvalue weighted by Crippen LogP contribution is -2.35. The number of ether oxygens (including phenoxy) is 2. The largest absolute Gasteiger partial charge is 0.462 e. The molecule has 3 heterocycles. The van der Waals surface area contributed by atoms with Crippen LogP contribution in [0.25, 0.3) is 0 Å². The quantitative estimate of drug-likeness (QED) is 0.373. The molecule has 1 amide bonds. The highest BCUT2D eigenvalue weighted by molar-refractivity contribution is 7.18. The van der Waals surface area contributed by atoms with E-state index in [-0.39, 0.29) is 52.2 Å². The topological polar surface area (TPSA) is 112 Å². The van der Waals surface area contributed by atoms with Gasteiger partial charge < -0.3 is 20.1 Å². The van der Waals surface area contributed by atoms with Gasteiger partial charge in [-0.05, 0) is 31.9 Å². The molecule has 1 aliphatic rings. The standard InChI is InChI=1S/C25H25F3N4O5S/c1-4-36-23(34)19-13(3)20(24(35)37-5-2)38-22(19)30-21(33)16-12-18-29-15(14-9-7-6-8-10-14)11-17(25(26,27)28)32(18)31-16/h6-10,12,15,17,29H,4-5,11H2,1-3H3,(H,30,33)/t15-,17+/m0/s1. The van der Waals surface area contributed by atoms with Gasteiger partial charge in [0.05, 0.1) is 24.8 Å². The summed E-state index contributed by atoms with van der Waals surface area (Å²) >= 11 is 0.811. The molecule has 38 heavy (non-hydrogen) atoms. The molecule has 0 saturated carbocycles. The Labute approximate surface area is 219 Å². The molecule has 2 atom stereocenters. The number of anilines is 2. The van der Waals surface area contributed by atoms with Crippen molar-refractivity contribution >= 4 is 40.0 Å². The monoisotopic (exact) mass is 550 g/mol. The van der Waals surface area contributed by atoms with E-state index in [1.165, 1.54) is 13.0 Å². The average Bonchev–Trinajstić information content (AvgIpc) is 3.44. The Kier molecular flexibility index (Phi) is 7.76. The van der Waals surface area contributed by atoms with Gasteiger partial charge in [-0.1, -0.05) is 30.3 Å². The Hall–Kier alpha value is -3.87. The van der Waals surface area contributed by atoms with E-state index in [0.29, 0.717) is 5.56 Å². The van der Waals surface area contributed by atoms with E-state index in [0.717, 1.165) is 16.0 Å². The molecule has 13 heteroatoms. The van der Waals surface area contributed by atoms with Gasteiger partial charge in [-0.25, -0.2) is 14.3 Å². The zero-order valence-electron chi connectivity index (χ0n) is 20.7. The number of hydrogen-bond donors (Lipinski definition) is 2. The van der Waals surface area contributed by atoms with Crippen LogP contribution in [0.2, 0.25) is 0 Å². The smallest absolute Gasteiger partial charge is 0.410 e. The molecule has 1 aliphatic heterocycles. The highest BCUT2D eigenvalue weighted by Crippen LogP contribution is 2.43. The maximum absolute atomic E-state index is 14.0. The number of benzene rings is 1. The normalized spacial score (nSPS) is 16.8. The summed E-state index contributed by atoms with van der Waals surface area (Å²) in [5, 5.41) is 9.50. The highest BCUT2D eigenvalue weighted by Gasteiger charge is 2.47. The molecule has 0 bridgehead atoms. The number of hydrogen-bond acceptors (Lipinski definition) is 8. The Morgan fingerprint density at radius 3 is 2.42 bits per heavy atom. The Morgan fingerprint density at radius 1 is 1.13 bits per heavy atom. The number of amides is 1. The van der Waals surface area contributed by atoms with Crippen LogP contribution in [0.3, 0.4) is 0 Å². The molecule has 0 spiro atoms. The van der Waals surface area contributed by atoms with Gasteiger partial charge in [0.15, 0.2) is 11.7 Å². The van der Waals surface area contributed by atoms with Gasteiger partial charge in [0.2, 0.25) is 0 Å². The predicted molar refractivity (Wildman–Crippen MR) is 134 cm³/mol. The number of carbonyl (C=O) groups is 3. The first kappa shape index (κ1) is 27.2. The molecule has 2 aromatic heterocycles. The lowest BCUT2D eigenvalue weighted by Gasteiger charge is -2.33. The fraction of sp³-hybridized carbons (Fsp3) is 0.360. The molecule has 2 N–H and O–H groups in total. The molecule has 0 unspecified atom stereocenters. The Balaban J connectivity index is 1.67. The van der Waals surface area contributed by atoms with Crippen LogP contribution in [0.4, 0.5) is 24.0 Å². The highest BCUT2D eigenvalue weighted by atomic mass is 32.1. The van der Waals surface area contributed by atoms with E-state index >= 15 is 0 Å². The van der Waals surface area contributed by atoms with Crippen LogP contribution in [0.1, 0.15) is 74.0 Å². The van der Waals surface area contributed by atoms with Gasteiger partial charge in [-0.3, -0.25) is 4.79 Å². The lowest BCUT2D eigenvalue weighted by atomic mass is 9.97. The van der Waals surface area contributed by atoms with Crippen molar-refractivity contribution in [3.63, 3.8) is 0 Å². The summed E-state index contributed by atoms with van der Waals surface area (Å²) in [6.45, 7) is 4.90. The summed E-state index contributed by atoms with van der Waals surface area (Å²) in [5.41, 5.74) is 0.595. The van der Waals surface area contributed by atoms with E-state index in [9.17, 15) is 27.6 Å². The second-order valence-electron chi connectivity index (χ2n) is 8.42. The fourth-order valence-corrected chi connectivity index (χ4v) is 5.28. The number of nitrogens with one attached hydrogen (secondary N) is 2. The second-order valence-corrected chi connectivity index (χ2v) is 9.44. The molecule has 3 aromatic rings. The maximum Gasteiger partial charge on any atom is 0.410 e. The third-order valence-electron chi connectivity index (χ3n) is 5.94. The van der Waals surface area contributed by atoms with Crippen molar-refractivity contribution < 1.29 is 37.0 Å². The fourth-order valence-electron chi connectivity index (χ4n) is 4.20. The van der Waals surface area contributed by atoms with Crippen molar-refractivity contribution in [2.24, 2.45) is 0 Å². The molecule has 0 saturated heterocycles. The molecule has 0 aliphatic carbocycles. The minimum absolute atomic E-state index is 0.00228. The first-order chi connectivity index (χ1) is 18.0. The van der Waals surface area contributed by atoms with Crippen molar-refractivity contribution in [3.8, 4) is 0 Å². The molecule has 0 radical (unpaired) electrons. The van der Waals surface area contributed by atoms with Crippen molar-refractivity contribution in [3.05, 3.63) is 63.7 Å². The number of alkyl halides is 3. The van der Waals surface area contributed by atoms with E-state index in [1.54, 1.807) is 44.2 Å². The predicted octanol–water partition coefficient (Wildman–Crippen LogP) is 5.52. The molecule has 202 valence electrons. The van der Waals surface area contributed by atoms with Gasteiger partial charge in [-0.2, -0.15) is 18.3 Å². The molecule has 0 fully saturated rings. The number of thiophene rings is 1. The zero-order chi connectivity index (χ0) is 27.6. The molecule has 9 nitrogen and oxygen atoms in total. The van der Waals surface area contributed by atoms with Gasteiger partial charge in [0, 0.05) is 12.5 Å². The van der Waals surface area contributed by atoms with Crippen LogP contribution in [-0.4, -0.2) is 47.0 Å². The van der Waals surface area contributed by atoms with Crippen molar-refractivity contribution in [2.75, 3.05) is 23.8 Å². The first-order valence-electron chi connectivity index (χ1n) is 11.8. The number of aromatic nitrogens is 2. The van der Waals surface area contributed by atoms with Crippen molar-refractivity contribution in [2.45, 2.75) is 45.5 Å². The third kappa shape index (κ3) is 5.37. The molecule has 1 aromatic carbocycles. The Morgan fingerprint density at radius 2 is 1.79 bits per heavy atom. The van der Waals surface area contributed by atoms with Crippen molar-refractivity contribution in [1.82, 2.24) is 9.78 Å². The number of nitrogens with zero attached hydrogens (tertiary/aromatic N) is 2. The summed E-state index contributed by atoms with van der Waals surface area (Å²) in [7, 11) is 0. The van der Waals surface area contributed by atoms with Crippen molar-refractivity contribution in [1.29, 1.82) is 0 Å². The summed E-state index contributed by atoms with van der Waals surface area (Å²) in [5.74, 6) is -2.27. The summed E-state index contributed by atoms with van der Waals surface area (Å²) < 4.78 is 52.8. The van der Waals surface area contributed by atoms with Gasteiger partial charge in [0.25, 0.3) is 5.91 Å².